The largest absolute Gasteiger partial charge is 0.495 e. The highest BCUT2D eigenvalue weighted by Gasteiger charge is 2.06. The van der Waals surface area contributed by atoms with Gasteiger partial charge in [0.2, 0.25) is 0 Å². The Hall–Kier alpha value is -1.94. The predicted octanol–water partition coefficient (Wildman–Crippen LogP) is 2.71. The van der Waals surface area contributed by atoms with Gasteiger partial charge < -0.3 is 19.5 Å². The van der Waals surface area contributed by atoms with Gasteiger partial charge in [-0.15, -0.1) is 0 Å². The second-order valence-corrected chi connectivity index (χ2v) is 5.24. The highest BCUT2D eigenvalue weighted by atomic mass is 16.5. The van der Waals surface area contributed by atoms with E-state index in [2.05, 4.69) is 66.4 Å². The zero-order chi connectivity index (χ0) is 14.5. The maximum atomic E-state index is 5.42. The summed E-state index contributed by atoms with van der Waals surface area (Å²) in [6.07, 6.45) is 2.05. The van der Waals surface area contributed by atoms with Crippen molar-refractivity contribution in [3.63, 3.8) is 0 Å². The Bertz CT molecular complexity index is 561. The molecule has 0 saturated heterocycles. The molecule has 0 unspecified atom stereocenters. The predicted molar refractivity (Wildman–Crippen MR) is 83.1 cm³/mol. The Kier molecular flexibility index (Phi) is 4.69. The van der Waals surface area contributed by atoms with Crippen LogP contribution in [0.4, 0.5) is 5.69 Å². The van der Waals surface area contributed by atoms with Crippen LogP contribution in [0.25, 0.3) is 0 Å². The topological polar surface area (TPSA) is 29.4 Å². The first-order chi connectivity index (χ1) is 9.60. The maximum Gasteiger partial charge on any atom is 0.141 e. The second-order valence-electron chi connectivity index (χ2n) is 5.24. The Morgan fingerprint density at radius 1 is 1.25 bits per heavy atom. The Morgan fingerprint density at radius 2 is 2.05 bits per heavy atom. The van der Waals surface area contributed by atoms with E-state index in [1.807, 2.05) is 6.07 Å². The van der Waals surface area contributed by atoms with E-state index in [-0.39, 0.29) is 0 Å². The molecule has 0 fully saturated rings. The fourth-order valence-electron chi connectivity index (χ4n) is 2.22. The number of hydrogen-bond acceptors (Lipinski definition) is 3. The molecule has 4 nitrogen and oxygen atoms in total. The van der Waals surface area contributed by atoms with Gasteiger partial charge in [0.05, 0.1) is 19.3 Å². The van der Waals surface area contributed by atoms with Crippen molar-refractivity contribution in [2.45, 2.75) is 13.1 Å². The van der Waals surface area contributed by atoms with Crippen molar-refractivity contribution in [1.29, 1.82) is 0 Å². The van der Waals surface area contributed by atoms with E-state index >= 15 is 0 Å². The molecule has 2 aromatic rings. The fourth-order valence-corrected chi connectivity index (χ4v) is 2.22. The molecule has 0 amide bonds. The van der Waals surface area contributed by atoms with Gasteiger partial charge in [0.1, 0.15) is 5.75 Å². The average Bonchev–Trinajstić information content (AvgIpc) is 2.81. The lowest BCUT2D eigenvalue weighted by molar-refractivity contribution is 0.400. The van der Waals surface area contributed by atoms with Crippen LogP contribution in [0.15, 0.2) is 36.5 Å². The van der Waals surface area contributed by atoms with Crippen molar-refractivity contribution in [2.24, 2.45) is 7.05 Å². The van der Waals surface area contributed by atoms with Crippen LogP contribution in [-0.2, 0) is 20.1 Å². The monoisotopic (exact) mass is 273 g/mol. The normalized spacial score (nSPS) is 10.8. The molecule has 1 aromatic carbocycles. The summed E-state index contributed by atoms with van der Waals surface area (Å²) in [4.78, 5) is 2.16. The van der Waals surface area contributed by atoms with E-state index in [0.717, 1.165) is 24.5 Å². The van der Waals surface area contributed by atoms with E-state index in [0.29, 0.717) is 0 Å². The van der Waals surface area contributed by atoms with Crippen LogP contribution in [0.3, 0.4) is 0 Å². The van der Waals surface area contributed by atoms with Crippen LogP contribution in [0.2, 0.25) is 0 Å². The summed E-state index contributed by atoms with van der Waals surface area (Å²) in [7, 11) is 7.90. The van der Waals surface area contributed by atoms with Crippen LogP contribution >= 0.6 is 0 Å². The Labute approximate surface area is 121 Å². The molecule has 1 N–H and O–H groups in total. The minimum Gasteiger partial charge on any atom is -0.495 e. The van der Waals surface area contributed by atoms with Crippen LogP contribution < -0.4 is 10.1 Å². The number of hydrogen-bond donors (Lipinski definition) is 1. The number of methoxy groups -OCH3 is 1. The molecule has 0 aliphatic rings. The van der Waals surface area contributed by atoms with E-state index in [1.165, 1.54) is 11.3 Å². The van der Waals surface area contributed by atoms with Gasteiger partial charge in [-0.3, -0.25) is 0 Å². The summed E-state index contributed by atoms with van der Waals surface area (Å²) in [6.45, 7) is 1.70. The number of ether oxygens (including phenoxy) is 1. The summed E-state index contributed by atoms with van der Waals surface area (Å²) < 4.78 is 7.54. The van der Waals surface area contributed by atoms with Crippen molar-refractivity contribution in [1.82, 2.24) is 9.47 Å². The quantitative estimate of drug-likeness (QED) is 0.877. The molecular formula is C16H23N3O. The third-order valence-corrected chi connectivity index (χ3v) is 3.27. The molecule has 0 atom stereocenters. The van der Waals surface area contributed by atoms with Gasteiger partial charge in [0.15, 0.2) is 0 Å². The van der Waals surface area contributed by atoms with E-state index < -0.39 is 0 Å². The third-order valence-electron chi connectivity index (χ3n) is 3.27. The molecule has 0 radical (unpaired) electrons. The van der Waals surface area contributed by atoms with Crippen LogP contribution in [0.5, 0.6) is 5.75 Å². The highest BCUT2D eigenvalue weighted by molar-refractivity contribution is 5.58. The molecule has 4 heteroatoms. The van der Waals surface area contributed by atoms with E-state index in [1.54, 1.807) is 7.11 Å². The highest BCUT2D eigenvalue weighted by Crippen LogP contribution is 2.26. The van der Waals surface area contributed by atoms with Gasteiger partial charge in [0, 0.05) is 25.5 Å². The van der Waals surface area contributed by atoms with Crippen molar-refractivity contribution < 1.29 is 4.74 Å². The molecule has 1 aromatic heterocycles. The maximum absolute atomic E-state index is 5.42. The van der Waals surface area contributed by atoms with Crippen molar-refractivity contribution in [2.75, 3.05) is 26.5 Å². The fraction of sp³-hybridized carbons (Fsp3) is 0.375. The molecule has 108 valence electrons. The minimum absolute atomic E-state index is 0.783. The first-order valence-corrected chi connectivity index (χ1v) is 6.76. The molecule has 0 aliphatic heterocycles. The molecule has 1 heterocycles. The first kappa shape index (κ1) is 14.5. The third kappa shape index (κ3) is 3.54. The number of nitrogens with one attached hydrogen (secondary N) is 1. The average molecular weight is 273 g/mol. The number of benzene rings is 1. The molecule has 0 aliphatic carbocycles. The van der Waals surface area contributed by atoms with Gasteiger partial charge in [-0.25, -0.2) is 0 Å². The van der Waals surface area contributed by atoms with Crippen LogP contribution in [0, 0.1) is 0 Å². The lowest BCUT2D eigenvalue weighted by atomic mass is 10.1. The van der Waals surface area contributed by atoms with Crippen LogP contribution in [0.1, 0.15) is 11.3 Å². The molecule has 20 heavy (non-hydrogen) atoms. The summed E-state index contributed by atoms with van der Waals surface area (Å²) in [5.74, 6) is 0.877. The number of anilines is 1. The second kappa shape index (κ2) is 6.48. The summed E-state index contributed by atoms with van der Waals surface area (Å²) >= 11 is 0. The van der Waals surface area contributed by atoms with E-state index in [9.17, 15) is 0 Å². The summed E-state index contributed by atoms with van der Waals surface area (Å²) in [6, 6.07) is 10.4. The minimum atomic E-state index is 0.783. The standard InChI is InChI=1S/C16H23N3O/c1-18(2)12-13-7-8-16(20-4)15(10-13)17-11-14-6-5-9-19(14)3/h5-10,17H,11-12H2,1-4H3. The molecule has 2 rings (SSSR count). The molecular weight excluding hydrogens is 250 g/mol. The van der Waals surface area contributed by atoms with Crippen molar-refractivity contribution >= 4 is 5.69 Å². The molecule has 0 saturated carbocycles. The van der Waals surface area contributed by atoms with Gasteiger partial charge in [-0.05, 0) is 43.9 Å². The van der Waals surface area contributed by atoms with Crippen molar-refractivity contribution in [3.8, 4) is 5.75 Å². The van der Waals surface area contributed by atoms with Gasteiger partial charge in [-0.2, -0.15) is 0 Å². The number of nitrogens with zero attached hydrogens (tertiary/aromatic N) is 2. The van der Waals surface area contributed by atoms with Crippen LogP contribution in [-0.4, -0.2) is 30.7 Å². The molecule has 0 bridgehead atoms. The SMILES string of the molecule is COc1ccc(CN(C)C)cc1NCc1cccn1C. The first-order valence-electron chi connectivity index (χ1n) is 6.76. The van der Waals surface area contributed by atoms with Gasteiger partial charge in [0.25, 0.3) is 0 Å². The lowest BCUT2D eigenvalue weighted by Gasteiger charge is -2.15. The van der Waals surface area contributed by atoms with Crippen molar-refractivity contribution in [3.05, 3.63) is 47.8 Å². The number of aromatic nitrogens is 1. The summed E-state index contributed by atoms with van der Waals surface area (Å²) in [5, 5.41) is 3.46. The van der Waals surface area contributed by atoms with Gasteiger partial charge in [-0.1, -0.05) is 6.07 Å². The Balaban J connectivity index is 2.13. The lowest BCUT2D eigenvalue weighted by Crippen LogP contribution is -2.11. The molecule has 0 spiro atoms. The zero-order valence-corrected chi connectivity index (χ0v) is 12.7. The Morgan fingerprint density at radius 3 is 2.65 bits per heavy atom. The van der Waals surface area contributed by atoms with E-state index in [4.69, 9.17) is 4.74 Å². The zero-order valence-electron chi connectivity index (χ0n) is 12.7. The number of rotatable bonds is 6. The van der Waals surface area contributed by atoms with Gasteiger partial charge >= 0.3 is 0 Å². The number of aryl methyl sites for hydroxylation is 1. The summed E-state index contributed by atoms with van der Waals surface area (Å²) in [5.41, 5.74) is 3.54. The smallest absolute Gasteiger partial charge is 0.141 e.